The van der Waals surface area contributed by atoms with Crippen molar-refractivity contribution in [2.45, 2.75) is 57.8 Å². The summed E-state index contributed by atoms with van der Waals surface area (Å²) >= 11 is 0. The summed E-state index contributed by atoms with van der Waals surface area (Å²) in [5.74, 6) is 0.0491. The lowest BCUT2D eigenvalue weighted by Gasteiger charge is -2.43. The molecule has 7 nitrogen and oxygen atoms in total. The van der Waals surface area contributed by atoms with E-state index in [-0.39, 0.29) is 18.5 Å². The van der Waals surface area contributed by atoms with E-state index in [1.54, 1.807) is 9.80 Å². The number of carbonyl (C=O) groups is 3. The van der Waals surface area contributed by atoms with Crippen LogP contribution < -0.4 is 0 Å². The van der Waals surface area contributed by atoms with Gasteiger partial charge >= 0.3 is 12.2 Å². The van der Waals surface area contributed by atoms with Gasteiger partial charge in [0.2, 0.25) is 0 Å². The zero-order chi connectivity index (χ0) is 20.4. The average Bonchev–Trinajstić information content (AvgIpc) is 2.96. The van der Waals surface area contributed by atoms with Crippen LogP contribution in [0, 0.1) is 0 Å². The third-order valence-corrected chi connectivity index (χ3v) is 5.27. The van der Waals surface area contributed by atoms with E-state index in [0.29, 0.717) is 38.9 Å². The van der Waals surface area contributed by atoms with Crippen LogP contribution in [0.4, 0.5) is 9.59 Å². The summed E-state index contributed by atoms with van der Waals surface area (Å²) in [5, 5.41) is 0. The number of amides is 2. The van der Waals surface area contributed by atoms with Crippen LogP contribution in [0.3, 0.4) is 0 Å². The number of hydrogen-bond donors (Lipinski definition) is 0. The van der Waals surface area contributed by atoms with Crippen molar-refractivity contribution in [1.29, 1.82) is 0 Å². The Hall–Kier alpha value is -2.57. The first-order chi connectivity index (χ1) is 13.2. The molecule has 2 heterocycles. The van der Waals surface area contributed by atoms with Crippen LogP contribution in [0.25, 0.3) is 0 Å². The van der Waals surface area contributed by atoms with Crippen LogP contribution in [0.2, 0.25) is 0 Å². The number of hydrogen-bond acceptors (Lipinski definition) is 5. The second-order valence-corrected chi connectivity index (χ2v) is 8.36. The highest BCUT2D eigenvalue weighted by molar-refractivity contribution is 5.95. The van der Waals surface area contributed by atoms with Crippen LogP contribution in [0.15, 0.2) is 30.3 Å². The quantitative estimate of drug-likeness (QED) is 0.776. The van der Waals surface area contributed by atoms with E-state index in [4.69, 9.17) is 9.47 Å². The molecule has 0 radical (unpaired) electrons. The van der Waals surface area contributed by atoms with Gasteiger partial charge in [0.15, 0.2) is 5.78 Å². The molecule has 28 heavy (non-hydrogen) atoms. The average molecular weight is 388 g/mol. The molecule has 0 saturated carbocycles. The van der Waals surface area contributed by atoms with Gasteiger partial charge in [-0.3, -0.25) is 9.69 Å². The van der Waals surface area contributed by atoms with Gasteiger partial charge in [-0.2, -0.15) is 0 Å². The van der Waals surface area contributed by atoms with Crippen molar-refractivity contribution in [1.82, 2.24) is 9.80 Å². The van der Waals surface area contributed by atoms with Gasteiger partial charge in [0.25, 0.3) is 0 Å². The molecular formula is C21H28N2O5. The van der Waals surface area contributed by atoms with Crippen LogP contribution in [0.5, 0.6) is 0 Å². The molecule has 1 aromatic rings. The Balaban J connectivity index is 1.62. The minimum absolute atomic E-state index is 0.0491. The van der Waals surface area contributed by atoms with E-state index < -0.39 is 17.2 Å². The number of benzene rings is 1. The molecule has 0 bridgehead atoms. The molecule has 0 N–H and O–H groups in total. The Bertz CT molecular complexity index is 733. The van der Waals surface area contributed by atoms with Crippen LogP contribution in [-0.2, 0) is 20.9 Å². The molecule has 2 saturated heterocycles. The molecule has 2 aliphatic heterocycles. The van der Waals surface area contributed by atoms with Gasteiger partial charge in [0, 0.05) is 26.1 Å². The van der Waals surface area contributed by atoms with Gasteiger partial charge in [-0.1, -0.05) is 30.3 Å². The normalized spacial score (nSPS) is 19.0. The molecule has 1 aromatic carbocycles. The molecule has 0 aliphatic carbocycles. The minimum Gasteiger partial charge on any atom is -0.445 e. The molecule has 152 valence electrons. The Labute approximate surface area is 165 Å². The Morgan fingerprint density at radius 1 is 1.04 bits per heavy atom. The molecule has 3 rings (SSSR count). The highest BCUT2D eigenvalue weighted by Gasteiger charge is 2.53. The van der Waals surface area contributed by atoms with Crippen LogP contribution >= 0.6 is 0 Å². The predicted molar refractivity (Wildman–Crippen MR) is 103 cm³/mol. The first kappa shape index (κ1) is 20.2. The van der Waals surface area contributed by atoms with Gasteiger partial charge in [0.05, 0.1) is 0 Å². The standard InChI is InChI=1S/C21H28N2O5/c1-20(2,3)28-18(25)22-13-10-21(11-14-22)17(24)9-12-23(21)19(26)27-15-16-7-5-4-6-8-16/h4-8H,9-15H2,1-3H3. The summed E-state index contributed by atoms with van der Waals surface area (Å²) in [6.45, 7) is 6.75. The molecule has 2 aliphatic rings. The zero-order valence-corrected chi connectivity index (χ0v) is 16.8. The van der Waals surface area contributed by atoms with Crippen molar-refractivity contribution in [3.05, 3.63) is 35.9 Å². The van der Waals surface area contributed by atoms with E-state index in [2.05, 4.69) is 0 Å². The number of ether oxygens (including phenoxy) is 2. The maximum atomic E-state index is 12.7. The fourth-order valence-electron chi connectivity index (χ4n) is 3.81. The number of piperidine rings is 1. The Morgan fingerprint density at radius 2 is 1.68 bits per heavy atom. The lowest BCUT2D eigenvalue weighted by molar-refractivity contribution is -0.127. The van der Waals surface area contributed by atoms with E-state index >= 15 is 0 Å². The lowest BCUT2D eigenvalue weighted by Crippen LogP contribution is -2.58. The summed E-state index contributed by atoms with van der Waals surface area (Å²) in [5.41, 5.74) is -0.537. The summed E-state index contributed by atoms with van der Waals surface area (Å²) in [6.07, 6.45) is 0.288. The highest BCUT2D eigenvalue weighted by atomic mass is 16.6. The third-order valence-electron chi connectivity index (χ3n) is 5.27. The molecule has 1 spiro atoms. The molecule has 0 aromatic heterocycles. The van der Waals surface area contributed by atoms with Gasteiger partial charge in [-0.15, -0.1) is 0 Å². The SMILES string of the molecule is CC(C)(C)OC(=O)N1CCC2(CC1)C(=O)CCN2C(=O)OCc1ccccc1. The number of Topliss-reactive ketones (excluding diaryl/α,β-unsaturated/α-hetero) is 1. The van der Waals surface area contributed by atoms with Crippen molar-refractivity contribution in [2.75, 3.05) is 19.6 Å². The summed E-state index contributed by atoms with van der Waals surface area (Å²) in [7, 11) is 0. The lowest BCUT2D eigenvalue weighted by atomic mass is 9.84. The zero-order valence-electron chi connectivity index (χ0n) is 16.8. The summed E-state index contributed by atoms with van der Waals surface area (Å²) in [6, 6.07) is 9.44. The van der Waals surface area contributed by atoms with Gasteiger partial charge in [0.1, 0.15) is 17.7 Å². The third kappa shape index (κ3) is 4.29. The van der Waals surface area contributed by atoms with E-state index in [1.807, 2.05) is 51.1 Å². The largest absolute Gasteiger partial charge is 0.445 e. The van der Waals surface area contributed by atoms with Gasteiger partial charge in [-0.05, 0) is 39.2 Å². The fraction of sp³-hybridized carbons (Fsp3) is 0.571. The topological polar surface area (TPSA) is 76.2 Å². The molecule has 2 amide bonds. The van der Waals surface area contributed by atoms with Crippen molar-refractivity contribution < 1.29 is 23.9 Å². The number of nitrogens with zero attached hydrogens (tertiary/aromatic N) is 2. The van der Waals surface area contributed by atoms with E-state index in [1.165, 1.54) is 0 Å². The minimum atomic E-state index is -0.869. The second kappa shape index (κ2) is 7.81. The fourth-order valence-corrected chi connectivity index (χ4v) is 3.81. The first-order valence-corrected chi connectivity index (χ1v) is 9.71. The molecule has 0 atom stereocenters. The summed E-state index contributed by atoms with van der Waals surface area (Å²) in [4.78, 5) is 40.8. The van der Waals surface area contributed by atoms with Crippen LogP contribution in [-0.4, -0.2) is 58.5 Å². The highest BCUT2D eigenvalue weighted by Crippen LogP contribution is 2.36. The van der Waals surface area contributed by atoms with Crippen molar-refractivity contribution >= 4 is 18.0 Å². The van der Waals surface area contributed by atoms with Crippen LogP contribution in [0.1, 0.15) is 45.6 Å². The molecule has 0 unspecified atom stereocenters. The van der Waals surface area contributed by atoms with Crippen molar-refractivity contribution in [3.63, 3.8) is 0 Å². The van der Waals surface area contributed by atoms with E-state index in [0.717, 1.165) is 5.56 Å². The number of likely N-dealkylation sites (tertiary alicyclic amines) is 2. The summed E-state index contributed by atoms with van der Waals surface area (Å²) < 4.78 is 10.9. The van der Waals surface area contributed by atoms with E-state index in [9.17, 15) is 14.4 Å². The maximum absolute atomic E-state index is 12.7. The molecule has 7 heteroatoms. The first-order valence-electron chi connectivity index (χ1n) is 9.71. The van der Waals surface area contributed by atoms with Crippen molar-refractivity contribution in [2.24, 2.45) is 0 Å². The van der Waals surface area contributed by atoms with Gasteiger partial charge in [-0.25, -0.2) is 9.59 Å². The molecule has 2 fully saturated rings. The second-order valence-electron chi connectivity index (χ2n) is 8.36. The Morgan fingerprint density at radius 3 is 2.29 bits per heavy atom. The smallest absolute Gasteiger partial charge is 0.410 e. The monoisotopic (exact) mass is 388 g/mol. The Kier molecular flexibility index (Phi) is 5.63. The maximum Gasteiger partial charge on any atom is 0.410 e. The number of carbonyl (C=O) groups excluding carboxylic acids is 3. The van der Waals surface area contributed by atoms with Crippen molar-refractivity contribution in [3.8, 4) is 0 Å². The number of ketones is 1. The number of rotatable bonds is 2. The van der Waals surface area contributed by atoms with Gasteiger partial charge < -0.3 is 14.4 Å². The predicted octanol–water partition coefficient (Wildman–Crippen LogP) is 3.37. The molecular weight excluding hydrogens is 360 g/mol.